The van der Waals surface area contributed by atoms with Crippen LogP contribution in [0, 0.1) is 5.92 Å². The topological polar surface area (TPSA) is 69.6 Å². The zero-order valence-electron chi connectivity index (χ0n) is 9.60. The number of aliphatic carboxylic acids is 1. The van der Waals surface area contributed by atoms with Gasteiger partial charge in [-0.3, -0.25) is 4.79 Å². The van der Waals surface area contributed by atoms with Gasteiger partial charge in [-0.1, -0.05) is 13.8 Å². The molecule has 1 heterocycles. The Morgan fingerprint density at radius 2 is 2.31 bits per heavy atom. The molecule has 1 aliphatic rings. The van der Waals surface area contributed by atoms with Crippen molar-refractivity contribution in [2.75, 3.05) is 24.7 Å². The van der Waals surface area contributed by atoms with Gasteiger partial charge in [0.2, 0.25) is 5.91 Å². The normalized spacial score (nSPS) is 22.1. The van der Waals surface area contributed by atoms with Gasteiger partial charge in [0, 0.05) is 18.2 Å². The van der Waals surface area contributed by atoms with Crippen molar-refractivity contribution >= 4 is 23.6 Å². The Balaban J connectivity index is 2.55. The first-order valence-electron chi connectivity index (χ1n) is 5.39. The number of carboxylic acids is 1. The highest BCUT2D eigenvalue weighted by Gasteiger charge is 2.36. The van der Waals surface area contributed by atoms with Crippen LogP contribution in [0.5, 0.6) is 0 Å². The van der Waals surface area contributed by atoms with Gasteiger partial charge < -0.3 is 15.3 Å². The number of hydrogen-bond acceptors (Lipinski definition) is 4. The number of hydrogen-bond donors (Lipinski definition) is 2. The number of amides is 1. The molecule has 1 aliphatic heterocycles. The zero-order chi connectivity index (χ0) is 12.1. The van der Waals surface area contributed by atoms with Crippen molar-refractivity contribution in [1.29, 1.82) is 0 Å². The van der Waals surface area contributed by atoms with Crippen molar-refractivity contribution in [2.45, 2.75) is 19.9 Å². The summed E-state index contributed by atoms with van der Waals surface area (Å²) in [4.78, 5) is 24.4. The van der Waals surface area contributed by atoms with E-state index in [0.717, 1.165) is 6.54 Å². The van der Waals surface area contributed by atoms with Gasteiger partial charge in [-0.25, -0.2) is 4.79 Å². The predicted octanol–water partition coefficient (Wildman–Crippen LogP) is 0.218. The smallest absolute Gasteiger partial charge is 0.327 e. The maximum atomic E-state index is 12.0. The molecule has 0 bridgehead atoms. The molecule has 2 atom stereocenters. The molecule has 0 radical (unpaired) electrons. The number of nitrogens with zero attached hydrogens (tertiary/aromatic N) is 1. The summed E-state index contributed by atoms with van der Waals surface area (Å²) in [6.07, 6.45) is 0. The molecule has 0 aromatic rings. The molecule has 1 unspecified atom stereocenters. The molecule has 1 amide bonds. The van der Waals surface area contributed by atoms with Crippen LogP contribution in [0.3, 0.4) is 0 Å². The van der Waals surface area contributed by atoms with Crippen molar-refractivity contribution < 1.29 is 14.7 Å². The lowest BCUT2D eigenvalue weighted by molar-refractivity contribution is -0.149. The monoisotopic (exact) mass is 246 g/mol. The van der Waals surface area contributed by atoms with Crippen molar-refractivity contribution in [2.24, 2.45) is 5.92 Å². The summed E-state index contributed by atoms with van der Waals surface area (Å²) >= 11 is 1.49. The Labute approximate surface area is 99.6 Å². The molecule has 2 N–H and O–H groups in total. The second-order valence-electron chi connectivity index (χ2n) is 3.87. The summed E-state index contributed by atoms with van der Waals surface area (Å²) in [6, 6.07) is -0.651. The van der Waals surface area contributed by atoms with Gasteiger partial charge in [0.05, 0.1) is 5.88 Å². The van der Waals surface area contributed by atoms with Crippen molar-refractivity contribution in [1.82, 2.24) is 10.2 Å². The number of thioether (sulfide) groups is 1. The minimum absolute atomic E-state index is 0.0710. The van der Waals surface area contributed by atoms with Crippen molar-refractivity contribution in [3.63, 3.8) is 0 Å². The van der Waals surface area contributed by atoms with Crippen molar-refractivity contribution in [3.8, 4) is 0 Å². The number of rotatable bonds is 5. The van der Waals surface area contributed by atoms with E-state index in [2.05, 4.69) is 5.32 Å². The highest BCUT2D eigenvalue weighted by atomic mass is 32.2. The van der Waals surface area contributed by atoms with Crippen LogP contribution in [0.4, 0.5) is 0 Å². The summed E-state index contributed by atoms with van der Waals surface area (Å²) in [5.74, 6) is -0.158. The van der Waals surface area contributed by atoms with Crippen LogP contribution in [-0.4, -0.2) is 52.6 Å². The summed E-state index contributed by atoms with van der Waals surface area (Å²) in [7, 11) is 0. The Morgan fingerprint density at radius 3 is 2.88 bits per heavy atom. The van der Waals surface area contributed by atoms with Gasteiger partial charge in [0.25, 0.3) is 0 Å². The van der Waals surface area contributed by atoms with Gasteiger partial charge in [0.1, 0.15) is 6.04 Å². The third kappa shape index (κ3) is 3.12. The standard InChI is InChI=1S/C10H18N2O3S/c1-3-11-4-7(2)9(13)12-6-16-5-8(12)10(14)15/h7-8,11H,3-6H2,1-2H3,(H,14,15)/t7?,8-/m0/s1. The molecular formula is C10H18N2O3S. The average molecular weight is 246 g/mol. The molecule has 0 aliphatic carbocycles. The van der Waals surface area contributed by atoms with Crippen LogP contribution in [0.25, 0.3) is 0 Å². The van der Waals surface area contributed by atoms with Crippen LogP contribution in [-0.2, 0) is 9.59 Å². The number of carboxylic acid groups (broad SMARTS) is 1. The van der Waals surface area contributed by atoms with Crippen molar-refractivity contribution in [3.05, 3.63) is 0 Å². The minimum Gasteiger partial charge on any atom is -0.480 e. The molecular weight excluding hydrogens is 228 g/mol. The van der Waals surface area contributed by atoms with E-state index in [0.29, 0.717) is 18.2 Å². The van der Waals surface area contributed by atoms with E-state index in [1.54, 1.807) is 0 Å². The largest absolute Gasteiger partial charge is 0.480 e. The highest BCUT2D eigenvalue weighted by Crippen LogP contribution is 2.22. The fourth-order valence-corrected chi connectivity index (χ4v) is 2.75. The lowest BCUT2D eigenvalue weighted by Gasteiger charge is -2.24. The molecule has 0 aromatic heterocycles. The van der Waals surface area contributed by atoms with E-state index in [9.17, 15) is 9.59 Å². The first-order valence-corrected chi connectivity index (χ1v) is 6.55. The fraction of sp³-hybridized carbons (Fsp3) is 0.800. The molecule has 0 aromatic carbocycles. The number of carbonyl (C=O) groups excluding carboxylic acids is 1. The SMILES string of the molecule is CCNCC(C)C(=O)N1CSC[C@H]1C(=O)O. The third-order valence-corrected chi connectivity index (χ3v) is 3.58. The molecule has 1 saturated heterocycles. The van der Waals surface area contributed by atoms with E-state index < -0.39 is 12.0 Å². The van der Waals surface area contributed by atoms with E-state index in [1.807, 2.05) is 13.8 Å². The van der Waals surface area contributed by atoms with Crippen LogP contribution in [0.15, 0.2) is 0 Å². The van der Waals surface area contributed by atoms with Crippen LogP contribution in [0.1, 0.15) is 13.8 Å². The zero-order valence-corrected chi connectivity index (χ0v) is 10.4. The van der Waals surface area contributed by atoms with Gasteiger partial charge in [-0.15, -0.1) is 11.8 Å². The lowest BCUT2D eigenvalue weighted by atomic mass is 10.1. The molecule has 6 heteroatoms. The minimum atomic E-state index is -0.908. The summed E-state index contributed by atoms with van der Waals surface area (Å²) in [5, 5.41) is 12.1. The first-order chi connectivity index (χ1) is 7.57. The maximum absolute atomic E-state index is 12.0. The maximum Gasteiger partial charge on any atom is 0.327 e. The van der Waals surface area contributed by atoms with Gasteiger partial charge >= 0.3 is 5.97 Å². The highest BCUT2D eigenvalue weighted by molar-refractivity contribution is 7.99. The molecule has 1 fully saturated rings. The summed E-state index contributed by atoms with van der Waals surface area (Å²) in [5.41, 5.74) is 0. The number of carbonyl (C=O) groups is 2. The quantitative estimate of drug-likeness (QED) is 0.726. The van der Waals surface area contributed by atoms with Gasteiger partial charge in [-0.05, 0) is 6.54 Å². The third-order valence-electron chi connectivity index (χ3n) is 2.57. The lowest BCUT2D eigenvalue weighted by Crippen LogP contribution is -2.45. The average Bonchev–Trinajstić information content (AvgIpc) is 2.73. The van der Waals surface area contributed by atoms with E-state index in [4.69, 9.17) is 5.11 Å². The summed E-state index contributed by atoms with van der Waals surface area (Å²) < 4.78 is 0. The predicted molar refractivity (Wildman–Crippen MR) is 63.3 cm³/mol. The van der Waals surface area contributed by atoms with E-state index in [-0.39, 0.29) is 11.8 Å². The van der Waals surface area contributed by atoms with Gasteiger partial charge in [0.15, 0.2) is 0 Å². The first kappa shape index (κ1) is 13.3. The van der Waals surface area contributed by atoms with E-state index in [1.165, 1.54) is 16.7 Å². The second-order valence-corrected chi connectivity index (χ2v) is 4.87. The van der Waals surface area contributed by atoms with E-state index >= 15 is 0 Å². The molecule has 16 heavy (non-hydrogen) atoms. The molecule has 1 rings (SSSR count). The van der Waals surface area contributed by atoms with Crippen LogP contribution >= 0.6 is 11.8 Å². The number of nitrogens with one attached hydrogen (secondary N) is 1. The molecule has 0 spiro atoms. The second kappa shape index (κ2) is 6.10. The Hall–Kier alpha value is -0.750. The Morgan fingerprint density at radius 1 is 1.62 bits per heavy atom. The molecule has 92 valence electrons. The van der Waals surface area contributed by atoms with Crippen LogP contribution < -0.4 is 5.32 Å². The van der Waals surface area contributed by atoms with Gasteiger partial charge in [-0.2, -0.15) is 0 Å². The Bertz CT molecular complexity index is 273. The van der Waals surface area contributed by atoms with Crippen LogP contribution in [0.2, 0.25) is 0 Å². The molecule has 0 saturated carbocycles. The fourth-order valence-electron chi connectivity index (χ4n) is 1.60. The Kier molecular flexibility index (Phi) is 5.08. The molecule has 5 nitrogen and oxygen atoms in total. The summed E-state index contributed by atoms with van der Waals surface area (Å²) in [6.45, 7) is 5.22.